The lowest BCUT2D eigenvalue weighted by Gasteiger charge is -2.16. The van der Waals surface area contributed by atoms with E-state index in [-0.39, 0.29) is 12.1 Å². The van der Waals surface area contributed by atoms with Gasteiger partial charge in [-0.1, -0.05) is 42.5 Å². The highest BCUT2D eigenvalue weighted by molar-refractivity contribution is 7.89. The normalized spacial score (nSPS) is 14.2. The van der Waals surface area contributed by atoms with Crippen molar-refractivity contribution in [2.75, 3.05) is 13.1 Å². The van der Waals surface area contributed by atoms with E-state index in [9.17, 15) is 17.6 Å². The summed E-state index contributed by atoms with van der Waals surface area (Å²) in [6.45, 7) is 1.42. The van der Waals surface area contributed by atoms with Crippen molar-refractivity contribution in [3.05, 3.63) is 95.3 Å². The molecule has 1 aliphatic rings. The van der Waals surface area contributed by atoms with Gasteiger partial charge in [0.1, 0.15) is 23.1 Å². The summed E-state index contributed by atoms with van der Waals surface area (Å²) in [6.07, 6.45) is 1.50. The van der Waals surface area contributed by atoms with Gasteiger partial charge in [0, 0.05) is 25.2 Å². The Labute approximate surface area is 193 Å². The molecule has 3 aromatic carbocycles. The Morgan fingerprint density at radius 1 is 0.939 bits per heavy atom. The molecule has 0 saturated carbocycles. The van der Waals surface area contributed by atoms with Gasteiger partial charge in [-0.2, -0.15) is 4.31 Å². The summed E-state index contributed by atoms with van der Waals surface area (Å²) in [5.41, 5.74) is 1.96. The van der Waals surface area contributed by atoms with Crippen LogP contribution < -0.4 is 10.1 Å². The van der Waals surface area contributed by atoms with Crippen LogP contribution in [0.25, 0.3) is 0 Å². The molecule has 8 heteroatoms. The Bertz CT molecular complexity index is 1210. The van der Waals surface area contributed by atoms with Crippen molar-refractivity contribution in [3.8, 4) is 5.75 Å². The monoisotopic (exact) mass is 468 g/mol. The highest BCUT2D eigenvalue weighted by Gasteiger charge is 2.30. The van der Waals surface area contributed by atoms with E-state index in [0.29, 0.717) is 19.7 Å². The van der Waals surface area contributed by atoms with Crippen molar-refractivity contribution in [2.45, 2.75) is 30.9 Å². The third kappa shape index (κ3) is 5.58. The molecule has 33 heavy (non-hydrogen) atoms. The van der Waals surface area contributed by atoms with E-state index in [0.717, 1.165) is 41.9 Å². The summed E-state index contributed by atoms with van der Waals surface area (Å²) < 4.78 is 46.7. The number of hydrogen-bond donors (Lipinski definition) is 1. The number of nitrogens with zero attached hydrogens (tertiary/aromatic N) is 1. The zero-order valence-electron chi connectivity index (χ0n) is 18.0. The Balaban J connectivity index is 1.37. The first-order chi connectivity index (χ1) is 15.9. The quantitative estimate of drug-likeness (QED) is 0.540. The SMILES string of the molecule is O=C(NCc1ccc(COc2ccccc2)cc1)c1ccc(F)c(S(=O)(=O)N2CCCC2)c1. The maximum absolute atomic E-state index is 14.3. The van der Waals surface area contributed by atoms with Crippen molar-refractivity contribution < 1.29 is 22.3 Å². The summed E-state index contributed by atoms with van der Waals surface area (Å²) in [4.78, 5) is 12.1. The van der Waals surface area contributed by atoms with Gasteiger partial charge in [0.15, 0.2) is 0 Å². The summed E-state index contributed by atoms with van der Waals surface area (Å²) in [6, 6.07) is 20.6. The van der Waals surface area contributed by atoms with E-state index in [4.69, 9.17) is 4.74 Å². The van der Waals surface area contributed by atoms with E-state index >= 15 is 0 Å². The molecule has 4 rings (SSSR count). The summed E-state index contributed by atoms with van der Waals surface area (Å²) in [5.74, 6) is -0.532. The van der Waals surface area contributed by atoms with Crippen molar-refractivity contribution in [1.82, 2.24) is 9.62 Å². The van der Waals surface area contributed by atoms with E-state index < -0.39 is 26.6 Å². The number of para-hydroxylation sites is 1. The second-order valence-corrected chi connectivity index (χ2v) is 9.76. The number of carbonyl (C=O) groups is 1. The van der Waals surface area contributed by atoms with Gasteiger partial charge in [-0.3, -0.25) is 4.79 Å². The molecule has 0 atom stereocenters. The largest absolute Gasteiger partial charge is 0.489 e. The molecule has 1 N–H and O–H groups in total. The van der Waals surface area contributed by atoms with E-state index in [1.165, 1.54) is 10.4 Å². The molecular weight excluding hydrogens is 443 g/mol. The zero-order chi connectivity index (χ0) is 23.3. The van der Waals surface area contributed by atoms with Crippen LogP contribution in [0.2, 0.25) is 0 Å². The molecular formula is C25H25FN2O4S. The van der Waals surface area contributed by atoms with Crippen LogP contribution in [0.3, 0.4) is 0 Å². The van der Waals surface area contributed by atoms with Crippen molar-refractivity contribution in [2.24, 2.45) is 0 Å². The molecule has 1 amide bonds. The van der Waals surface area contributed by atoms with Gasteiger partial charge in [0.2, 0.25) is 10.0 Å². The van der Waals surface area contributed by atoms with Gasteiger partial charge < -0.3 is 10.1 Å². The topological polar surface area (TPSA) is 75.7 Å². The van der Waals surface area contributed by atoms with Crippen molar-refractivity contribution in [1.29, 1.82) is 0 Å². The molecule has 1 aliphatic heterocycles. The third-order valence-electron chi connectivity index (χ3n) is 5.50. The lowest BCUT2D eigenvalue weighted by Crippen LogP contribution is -2.29. The van der Waals surface area contributed by atoms with Gasteiger partial charge in [-0.05, 0) is 54.3 Å². The number of carbonyl (C=O) groups excluding carboxylic acids is 1. The number of rotatable bonds is 8. The molecule has 1 saturated heterocycles. The fourth-order valence-electron chi connectivity index (χ4n) is 3.63. The van der Waals surface area contributed by atoms with Crippen LogP contribution in [0.5, 0.6) is 5.75 Å². The van der Waals surface area contributed by atoms with Crippen LogP contribution >= 0.6 is 0 Å². The first-order valence-electron chi connectivity index (χ1n) is 10.8. The van der Waals surface area contributed by atoms with E-state index in [1.54, 1.807) is 0 Å². The fourth-order valence-corrected chi connectivity index (χ4v) is 5.24. The van der Waals surface area contributed by atoms with E-state index in [2.05, 4.69) is 5.32 Å². The molecule has 172 valence electrons. The molecule has 0 unspecified atom stereocenters. The van der Waals surface area contributed by atoms with Crippen LogP contribution in [0.1, 0.15) is 34.3 Å². The van der Waals surface area contributed by atoms with Gasteiger partial charge >= 0.3 is 0 Å². The van der Waals surface area contributed by atoms with Crippen LogP contribution in [-0.4, -0.2) is 31.7 Å². The second kappa shape index (κ2) is 10.1. The Kier molecular flexibility index (Phi) is 7.05. The van der Waals surface area contributed by atoms with Gasteiger partial charge in [0.25, 0.3) is 5.91 Å². The smallest absolute Gasteiger partial charge is 0.251 e. The molecule has 1 heterocycles. The zero-order valence-corrected chi connectivity index (χ0v) is 18.9. The molecule has 3 aromatic rings. The van der Waals surface area contributed by atoms with Gasteiger partial charge in [-0.15, -0.1) is 0 Å². The average molecular weight is 469 g/mol. The Morgan fingerprint density at radius 2 is 1.61 bits per heavy atom. The maximum atomic E-state index is 14.3. The minimum Gasteiger partial charge on any atom is -0.489 e. The minimum atomic E-state index is -3.96. The van der Waals surface area contributed by atoms with E-state index in [1.807, 2.05) is 54.6 Å². The predicted octanol–water partition coefficient (Wildman–Crippen LogP) is 4.12. The standard InChI is InChI=1S/C25H25FN2O4S/c26-23-13-12-21(16-24(23)33(30,31)28-14-4-5-15-28)25(29)27-17-19-8-10-20(11-9-19)18-32-22-6-2-1-3-7-22/h1-3,6-13,16H,4-5,14-15,17-18H2,(H,27,29). The predicted molar refractivity (Wildman–Crippen MR) is 123 cm³/mol. The maximum Gasteiger partial charge on any atom is 0.251 e. The Hall–Kier alpha value is -3.23. The number of halogens is 1. The van der Waals surface area contributed by atoms with Crippen molar-refractivity contribution in [3.63, 3.8) is 0 Å². The minimum absolute atomic E-state index is 0.0991. The molecule has 0 aromatic heterocycles. The molecule has 0 bridgehead atoms. The summed E-state index contributed by atoms with van der Waals surface area (Å²) >= 11 is 0. The number of hydrogen-bond acceptors (Lipinski definition) is 4. The first-order valence-corrected chi connectivity index (χ1v) is 12.2. The average Bonchev–Trinajstić information content (AvgIpc) is 3.39. The van der Waals surface area contributed by atoms with Crippen LogP contribution in [0, 0.1) is 5.82 Å². The molecule has 0 spiro atoms. The van der Waals surface area contributed by atoms with Crippen LogP contribution in [-0.2, 0) is 23.2 Å². The lowest BCUT2D eigenvalue weighted by atomic mass is 10.1. The molecule has 0 radical (unpaired) electrons. The number of sulfonamides is 1. The third-order valence-corrected chi connectivity index (χ3v) is 7.41. The molecule has 0 aliphatic carbocycles. The number of benzene rings is 3. The highest BCUT2D eigenvalue weighted by atomic mass is 32.2. The van der Waals surface area contributed by atoms with Crippen LogP contribution in [0.15, 0.2) is 77.7 Å². The van der Waals surface area contributed by atoms with Gasteiger partial charge in [0.05, 0.1) is 0 Å². The first kappa shape index (κ1) is 22.9. The number of nitrogens with one attached hydrogen (secondary N) is 1. The van der Waals surface area contributed by atoms with Crippen molar-refractivity contribution >= 4 is 15.9 Å². The summed E-state index contributed by atoms with van der Waals surface area (Å²) in [7, 11) is -3.96. The van der Waals surface area contributed by atoms with Gasteiger partial charge in [-0.25, -0.2) is 12.8 Å². The van der Waals surface area contributed by atoms with Crippen LogP contribution in [0.4, 0.5) is 4.39 Å². The fraction of sp³-hybridized carbons (Fsp3) is 0.240. The number of ether oxygens (including phenoxy) is 1. The molecule has 6 nitrogen and oxygen atoms in total. The molecule has 1 fully saturated rings. The lowest BCUT2D eigenvalue weighted by molar-refractivity contribution is 0.0950. The number of amides is 1. The Morgan fingerprint density at radius 3 is 2.30 bits per heavy atom. The summed E-state index contributed by atoms with van der Waals surface area (Å²) in [5, 5.41) is 2.76. The second-order valence-electron chi connectivity index (χ2n) is 7.86. The highest BCUT2D eigenvalue weighted by Crippen LogP contribution is 2.24.